The molecule has 5 heteroatoms. The third-order valence-electron chi connectivity index (χ3n) is 3.06. The lowest BCUT2D eigenvalue weighted by Gasteiger charge is -2.01. The molecule has 0 saturated carbocycles. The summed E-state index contributed by atoms with van der Waals surface area (Å²) in [7, 11) is 1.93. The molecule has 0 unspecified atom stereocenters. The Balaban J connectivity index is 2.08. The molecule has 3 aromatic rings. The van der Waals surface area contributed by atoms with E-state index >= 15 is 0 Å². The number of hydrogen-bond acceptors (Lipinski definition) is 3. The van der Waals surface area contributed by atoms with E-state index < -0.39 is 0 Å². The van der Waals surface area contributed by atoms with E-state index in [0.29, 0.717) is 0 Å². The number of aromatic amines is 1. The molecular weight excluding hydrogens is 226 g/mol. The molecule has 92 valence electrons. The van der Waals surface area contributed by atoms with Crippen molar-refractivity contribution in [2.45, 2.75) is 13.5 Å². The normalized spacial score (nSPS) is 11.2. The van der Waals surface area contributed by atoms with Gasteiger partial charge in [0, 0.05) is 17.8 Å². The molecule has 5 nitrogen and oxygen atoms in total. The quantitative estimate of drug-likeness (QED) is 0.734. The Kier molecular flexibility index (Phi) is 2.60. The first-order valence-electron chi connectivity index (χ1n) is 5.93. The molecule has 0 atom stereocenters. The van der Waals surface area contributed by atoms with Crippen molar-refractivity contribution in [1.82, 2.24) is 25.1 Å². The van der Waals surface area contributed by atoms with Gasteiger partial charge < -0.3 is 10.3 Å². The van der Waals surface area contributed by atoms with Crippen molar-refractivity contribution in [3.8, 4) is 5.95 Å². The Morgan fingerprint density at radius 1 is 1.33 bits per heavy atom. The molecule has 0 saturated heterocycles. The van der Waals surface area contributed by atoms with E-state index in [1.54, 1.807) is 0 Å². The van der Waals surface area contributed by atoms with E-state index in [1.807, 2.05) is 49.1 Å². The molecule has 1 aromatic carbocycles. The fourth-order valence-electron chi connectivity index (χ4n) is 2.06. The van der Waals surface area contributed by atoms with Crippen LogP contribution in [-0.2, 0) is 6.54 Å². The summed E-state index contributed by atoms with van der Waals surface area (Å²) in [4.78, 5) is 7.82. The van der Waals surface area contributed by atoms with E-state index in [4.69, 9.17) is 0 Å². The molecule has 0 aliphatic carbocycles. The average molecular weight is 241 g/mol. The van der Waals surface area contributed by atoms with Crippen molar-refractivity contribution in [3.63, 3.8) is 0 Å². The van der Waals surface area contributed by atoms with Gasteiger partial charge in [0.15, 0.2) is 0 Å². The number of rotatable bonds is 3. The molecule has 2 N–H and O–H groups in total. The zero-order valence-corrected chi connectivity index (χ0v) is 10.4. The monoisotopic (exact) mass is 241 g/mol. The van der Waals surface area contributed by atoms with Crippen molar-refractivity contribution in [2.75, 3.05) is 7.05 Å². The van der Waals surface area contributed by atoms with Crippen LogP contribution in [0.2, 0.25) is 0 Å². The van der Waals surface area contributed by atoms with Crippen LogP contribution in [0.25, 0.3) is 17.0 Å². The van der Waals surface area contributed by atoms with Crippen LogP contribution in [0, 0.1) is 6.92 Å². The van der Waals surface area contributed by atoms with Gasteiger partial charge in [0.1, 0.15) is 0 Å². The first-order chi connectivity index (χ1) is 8.79. The molecule has 0 spiro atoms. The van der Waals surface area contributed by atoms with Gasteiger partial charge in [-0.25, -0.2) is 9.67 Å². The van der Waals surface area contributed by atoms with Gasteiger partial charge in [0.25, 0.3) is 0 Å². The van der Waals surface area contributed by atoms with Crippen LogP contribution in [0.4, 0.5) is 0 Å². The average Bonchev–Trinajstić information content (AvgIpc) is 2.94. The first kappa shape index (κ1) is 11.0. The Bertz CT molecular complexity index is 647. The SMILES string of the molecule is CNCc1cnn(-c2nc3ccccc3[nH]2)c1C. The topological polar surface area (TPSA) is 58.5 Å². The van der Waals surface area contributed by atoms with Gasteiger partial charge >= 0.3 is 0 Å². The fraction of sp³-hybridized carbons (Fsp3) is 0.231. The van der Waals surface area contributed by atoms with Crippen LogP contribution in [0.15, 0.2) is 30.5 Å². The number of imidazole rings is 1. The Labute approximate surface area is 105 Å². The van der Waals surface area contributed by atoms with Crippen LogP contribution in [0.1, 0.15) is 11.3 Å². The Morgan fingerprint density at radius 3 is 2.94 bits per heavy atom. The third-order valence-corrected chi connectivity index (χ3v) is 3.06. The largest absolute Gasteiger partial charge is 0.322 e. The van der Waals surface area contributed by atoms with Crippen molar-refractivity contribution >= 4 is 11.0 Å². The smallest absolute Gasteiger partial charge is 0.229 e. The summed E-state index contributed by atoms with van der Waals surface area (Å²) < 4.78 is 1.84. The molecule has 0 bridgehead atoms. The number of fused-ring (bicyclic) bond motifs is 1. The van der Waals surface area contributed by atoms with Gasteiger partial charge in [-0.1, -0.05) is 12.1 Å². The number of H-pyrrole nitrogens is 1. The van der Waals surface area contributed by atoms with Gasteiger partial charge in [-0.05, 0) is 26.1 Å². The highest BCUT2D eigenvalue weighted by Crippen LogP contribution is 2.16. The van der Waals surface area contributed by atoms with Gasteiger partial charge in [-0.2, -0.15) is 5.10 Å². The van der Waals surface area contributed by atoms with E-state index in [0.717, 1.165) is 29.2 Å². The lowest BCUT2D eigenvalue weighted by molar-refractivity contribution is 0.783. The predicted molar refractivity (Wildman–Crippen MR) is 70.7 cm³/mol. The Morgan fingerprint density at radius 2 is 2.17 bits per heavy atom. The van der Waals surface area contributed by atoms with Crippen molar-refractivity contribution in [3.05, 3.63) is 41.7 Å². The second-order valence-corrected chi connectivity index (χ2v) is 4.27. The molecule has 0 aliphatic rings. The van der Waals surface area contributed by atoms with Gasteiger partial charge in [0.05, 0.1) is 17.2 Å². The highest BCUT2D eigenvalue weighted by Gasteiger charge is 2.10. The minimum atomic E-state index is 0.760. The number of aromatic nitrogens is 4. The van der Waals surface area contributed by atoms with E-state index in [2.05, 4.69) is 20.4 Å². The maximum atomic E-state index is 4.54. The number of hydrogen-bond donors (Lipinski definition) is 2. The van der Waals surface area contributed by atoms with Crippen LogP contribution >= 0.6 is 0 Å². The van der Waals surface area contributed by atoms with E-state index in [1.165, 1.54) is 5.56 Å². The highest BCUT2D eigenvalue weighted by molar-refractivity contribution is 5.75. The maximum Gasteiger partial charge on any atom is 0.229 e. The zero-order chi connectivity index (χ0) is 12.5. The number of nitrogens with one attached hydrogen (secondary N) is 2. The molecule has 2 aromatic heterocycles. The lowest BCUT2D eigenvalue weighted by atomic mass is 10.2. The fourth-order valence-corrected chi connectivity index (χ4v) is 2.06. The maximum absolute atomic E-state index is 4.54. The van der Waals surface area contributed by atoms with Crippen molar-refractivity contribution < 1.29 is 0 Å². The summed E-state index contributed by atoms with van der Waals surface area (Å²) in [6.07, 6.45) is 1.87. The van der Waals surface area contributed by atoms with E-state index in [-0.39, 0.29) is 0 Å². The number of nitrogens with zero attached hydrogens (tertiary/aromatic N) is 3. The molecule has 0 fully saturated rings. The molecular formula is C13H15N5. The van der Waals surface area contributed by atoms with Crippen LogP contribution in [0.5, 0.6) is 0 Å². The van der Waals surface area contributed by atoms with Gasteiger partial charge in [0.2, 0.25) is 5.95 Å². The molecule has 0 aliphatic heterocycles. The van der Waals surface area contributed by atoms with Crippen LogP contribution in [0.3, 0.4) is 0 Å². The van der Waals surface area contributed by atoms with Gasteiger partial charge in [-0.3, -0.25) is 0 Å². The minimum Gasteiger partial charge on any atom is -0.322 e. The van der Waals surface area contributed by atoms with Gasteiger partial charge in [-0.15, -0.1) is 0 Å². The Hall–Kier alpha value is -2.14. The summed E-state index contributed by atoms with van der Waals surface area (Å²) >= 11 is 0. The predicted octanol–water partition coefficient (Wildman–Crippen LogP) is 1.78. The highest BCUT2D eigenvalue weighted by atomic mass is 15.4. The summed E-state index contributed by atoms with van der Waals surface area (Å²) in [5.74, 6) is 0.760. The van der Waals surface area contributed by atoms with Crippen molar-refractivity contribution in [2.24, 2.45) is 0 Å². The van der Waals surface area contributed by atoms with Crippen LogP contribution < -0.4 is 5.32 Å². The minimum absolute atomic E-state index is 0.760. The standard InChI is InChI=1S/C13H15N5/c1-9-10(7-14-2)8-15-18(9)13-16-11-5-3-4-6-12(11)17-13/h3-6,8,14H,7H2,1-2H3,(H,16,17). The summed E-state index contributed by atoms with van der Waals surface area (Å²) in [6, 6.07) is 7.98. The van der Waals surface area contributed by atoms with Crippen molar-refractivity contribution in [1.29, 1.82) is 0 Å². The second kappa shape index (κ2) is 4.27. The zero-order valence-electron chi connectivity index (χ0n) is 10.4. The molecule has 2 heterocycles. The number of benzene rings is 1. The molecule has 18 heavy (non-hydrogen) atoms. The molecule has 3 rings (SSSR count). The first-order valence-corrected chi connectivity index (χ1v) is 5.93. The molecule has 0 radical (unpaired) electrons. The van der Waals surface area contributed by atoms with E-state index in [9.17, 15) is 0 Å². The second-order valence-electron chi connectivity index (χ2n) is 4.27. The number of para-hydroxylation sites is 2. The summed E-state index contributed by atoms with van der Waals surface area (Å²) in [5, 5.41) is 7.52. The van der Waals surface area contributed by atoms with Crippen LogP contribution in [-0.4, -0.2) is 26.8 Å². The molecule has 0 amide bonds. The summed E-state index contributed by atoms with van der Waals surface area (Å²) in [5.41, 5.74) is 4.26. The third kappa shape index (κ3) is 1.69. The lowest BCUT2D eigenvalue weighted by Crippen LogP contribution is -2.07. The summed E-state index contributed by atoms with van der Waals surface area (Å²) in [6.45, 7) is 2.86.